The lowest BCUT2D eigenvalue weighted by molar-refractivity contribution is -0.139. The molecule has 1 amide bonds. The van der Waals surface area contributed by atoms with Crippen molar-refractivity contribution in [2.45, 2.75) is 39.5 Å². The van der Waals surface area contributed by atoms with E-state index in [1.807, 2.05) is 43.9 Å². The molecule has 1 saturated heterocycles. The first-order valence-electron chi connectivity index (χ1n) is 10.1. The summed E-state index contributed by atoms with van der Waals surface area (Å²) in [6.07, 6.45) is -4.40. The number of hydrogen-bond donors (Lipinski definition) is 0. The van der Waals surface area contributed by atoms with E-state index in [-0.39, 0.29) is 5.91 Å². The zero-order valence-electron chi connectivity index (χ0n) is 17.5. The van der Waals surface area contributed by atoms with E-state index in [0.717, 1.165) is 23.3 Å². The summed E-state index contributed by atoms with van der Waals surface area (Å²) in [5.41, 5.74) is 1.98. The number of ether oxygens (including phenoxy) is 1. The number of aryl methyl sites for hydroxylation is 1. The van der Waals surface area contributed by atoms with Gasteiger partial charge in [0.05, 0.1) is 5.56 Å². The van der Waals surface area contributed by atoms with E-state index < -0.39 is 17.8 Å². The van der Waals surface area contributed by atoms with Crippen LogP contribution < -0.4 is 9.64 Å². The van der Waals surface area contributed by atoms with E-state index >= 15 is 0 Å². The summed E-state index contributed by atoms with van der Waals surface area (Å²) >= 11 is 0. The summed E-state index contributed by atoms with van der Waals surface area (Å²) in [7, 11) is 0. The molecule has 0 N–H and O–H groups in total. The maximum absolute atomic E-state index is 13.0. The first-order valence-corrected chi connectivity index (χ1v) is 10.1. The van der Waals surface area contributed by atoms with Gasteiger partial charge in [0.1, 0.15) is 5.75 Å². The molecule has 0 aliphatic carbocycles. The fourth-order valence-corrected chi connectivity index (χ4v) is 3.58. The maximum atomic E-state index is 13.0. The summed E-state index contributed by atoms with van der Waals surface area (Å²) in [6.45, 7) is 7.73. The maximum Gasteiger partial charge on any atom is 0.416 e. The molecule has 3 rings (SSSR count). The zero-order chi connectivity index (χ0) is 21.9. The summed E-state index contributed by atoms with van der Waals surface area (Å²) in [4.78, 5) is 16.6. The van der Waals surface area contributed by atoms with Gasteiger partial charge < -0.3 is 14.5 Å². The Morgan fingerprint density at radius 1 is 1.07 bits per heavy atom. The second kappa shape index (κ2) is 8.98. The Balaban J connectivity index is 1.63. The number of alkyl halides is 3. The standard InChI is InChI=1S/C23H27F3N2O2/c1-4-20(30-21-10-5-7-16(2)17(21)3)22(29)28-13-11-27(12-14-28)19-9-6-8-18(15-19)23(24,25)26/h5-10,15,20H,4,11-14H2,1-3H3. The number of carbonyl (C=O) groups is 1. The molecule has 1 unspecified atom stereocenters. The Labute approximate surface area is 175 Å². The molecule has 0 radical (unpaired) electrons. The highest BCUT2D eigenvalue weighted by atomic mass is 19.4. The average Bonchev–Trinajstić information content (AvgIpc) is 2.74. The van der Waals surface area contributed by atoms with Crippen molar-refractivity contribution in [3.05, 3.63) is 59.2 Å². The molecule has 30 heavy (non-hydrogen) atoms. The number of anilines is 1. The van der Waals surface area contributed by atoms with E-state index in [4.69, 9.17) is 4.74 Å². The van der Waals surface area contributed by atoms with Gasteiger partial charge in [-0.05, 0) is 55.7 Å². The van der Waals surface area contributed by atoms with Crippen LogP contribution in [0.25, 0.3) is 0 Å². The van der Waals surface area contributed by atoms with Gasteiger partial charge in [-0.15, -0.1) is 0 Å². The summed E-state index contributed by atoms with van der Waals surface area (Å²) in [5.74, 6) is 0.625. The highest BCUT2D eigenvalue weighted by Crippen LogP contribution is 2.32. The van der Waals surface area contributed by atoms with Crippen LogP contribution >= 0.6 is 0 Å². The van der Waals surface area contributed by atoms with Crippen molar-refractivity contribution >= 4 is 11.6 Å². The summed E-state index contributed by atoms with van der Waals surface area (Å²) in [5, 5.41) is 0. The van der Waals surface area contributed by atoms with Crippen LogP contribution in [0.5, 0.6) is 5.75 Å². The van der Waals surface area contributed by atoms with Gasteiger partial charge in [0.2, 0.25) is 0 Å². The third-order valence-electron chi connectivity index (χ3n) is 5.60. The van der Waals surface area contributed by atoms with Crippen molar-refractivity contribution in [3.8, 4) is 5.75 Å². The number of hydrogen-bond acceptors (Lipinski definition) is 3. The molecule has 2 aromatic rings. The molecular weight excluding hydrogens is 393 g/mol. The van der Waals surface area contributed by atoms with Crippen molar-refractivity contribution in [2.75, 3.05) is 31.1 Å². The van der Waals surface area contributed by atoms with Crippen LogP contribution in [0.3, 0.4) is 0 Å². The number of nitrogens with zero attached hydrogens (tertiary/aromatic N) is 2. The lowest BCUT2D eigenvalue weighted by atomic mass is 10.1. The molecule has 1 atom stereocenters. The quantitative estimate of drug-likeness (QED) is 0.695. The molecular formula is C23H27F3N2O2. The van der Waals surface area contributed by atoms with Crippen LogP contribution in [0.15, 0.2) is 42.5 Å². The molecule has 1 fully saturated rings. The average molecular weight is 420 g/mol. The second-order valence-electron chi connectivity index (χ2n) is 7.57. The largest absolute Gasteiger partial charge is 0.480 e. The molecule has 0 spiro atoms. The topological polar surface area (TPSA) is 32.8 Å². The van der Waals surface area contributed by atoms with Crippen molar-refractivity contribution in [1.29, 1.82) is 0 Å². The summed E-state index contributed by atoms with van der Waals surface area (Å²) in [6, 6.07) is 11.1. The third-order valence-corrected chi connectivity index (χ3v) is 5.60. The first kappa shape index (κ1) is 22.0. The third kappa shape index (κ3) is 4.89. The molecule has 0 saturated carbocycles. The van der Waals surface area contributed by atoms with E-state index in [0.29, 0.717) is 44.0 Å². The van der Waals surface area contributed by atoms with Crippen LogP contribution in [0.1, 0.15) is 30.0 Å². The predicted octanol–water partition coefficient (Wildman–Crippen LogP) is 4.83. The second-order valence-corrected chi connectivity index (χ2v) is 7.57. The number of piperazine rings is 1. The van der Waals surface area contributed by atoms with Crippen molar-refractivity contribution < 1.29 is 22.7 Å². The van der Waals surface area contributed by atoms with Gasteiger partial charge in [0.15, 0.2) is 6.10 Å². The van der Waals surface area contributed by atoms with Gasteiger partial charge in [-0.2, -0.15) is 13.2 Å². The van der Waals surface area contributed by atoms with Gasteiger partial charge in [-0.25, -0.2) is 0 Å². The van der Waals surface area contributed by atoms with Gasteiger partial charge in [0, 0.05) is 31.9 Å². The van der Waals surface area contributed by atoms with Crippen LogP contribution in [-0.4, -0.2) is 43.1 Å². The van der Waals surface area contributed by atoms with Gasteiger partial charge in [0.25, 0.3) is 5.91 Å². The van der Waals surface area contributed by atoms with Crippen molar-refractivity contribution in [3.63, 3.8) is 0 Å². The smallest absolute Gasteiger partial charge is 0.416 e. The number of rotatable bonds is 5. The Morgan fingerprint density at radius 2 is 1.73 bits per heavy atom. The monoisotopic (exact) mass is 420 g/mol. The summed E-state index contributed by atoms with van der Waals surface area (Å²) < 4.78 is 45.0. The molecule has 1 aliphatic rings. The Kier molecular flexibility index (Phi) is 6.58. The van der Waals surface area contributed by atoms with E-state index in [1.54, 1.807) is 11.0 Å². The number of halogens is 3. The van der Waals surface area contributed by atoms with Gasteiger partial charge in [-0.1, -0.05) is 25.1 Å². The van der Waals surface area contributed by atoms with Gasteiger partial charge >= 0.3 is 6.18 Å². The number of benzene rings is 2. The Morgan fingerprint density at radius 3 is 2.37 bits per heavy atom. The minimum absolute atomic E-state index is 0.0814. The first-order chi connectivity index (χ1) is 14.2. The zero-order valence-corrected chi connectivity index (χ0v) is 17.5. The predicted molar refractivity (Wildman–Crippen MR) is 111 cm³/mol. The molecule has 2 aromatic carbocycles. The SMILES string of the molecule is CCC(Oc1cccc(C)c1C)C(=O)N1CCN(c2cccc(C(F)(F)F)c2)CC1. The number of amides is 1. The highest BCUT2D eigenvalue weighted by Gasteiger charge is 2.32. The molecule has 1 aliphatic heterocycles. The fourth-order valence-electron chi connectivity index (χ4n) is 3.58. The van der Waals surface area contributed by atoms with E-state index in [1.165, 1.54) is 6.07 Å². The van der Waals surface area contributed by atoms with Crippen LogP contribution in [0, 0.1) is 13.8 Å². The molecule has 0 bridgehead atoms. The molecule has 4 nitrogen and oxygen atoms in total. The van der Waals surface area contributed by atoms with Crippen molar-refractivity contribution in [2.24, 2.45) is 0 Å². The van der Waals surface area contributed by atoms with E-state index in [2.05, 4.69) is 0 Å². The highest BCUT2D eigenvalue weighted by molar-refractivity contribution is 5.81. The molecule has 1 heterocycles. The Bertz CT molecular complexity index is 890. The van der Waals surface area contributed by atoms with E-state index in [9.17, 15) is 18.0 Å². The molecule has 162 valence electrons. The lowest BCUT2D eigenvalue weighted by Crippen LogP contribution is -2.52. The van der Waals surface area contributed by atoms with Crippen LogP contribution in [0.4, 0.5) is 18.9 Å². The fraction of sp³-hybridized carbons (Fsp3) is 0.435. The molecule has 7 heteroatoms. The van der Waals surface area contributed by atoms with Crippen LogP contribution in [0.2, 0.25) is 0 Å². The van der Waals surface area contributed by atoms with Gasteiger partial charge in [-0.3, -0.25) is 4.79 Å². The molecule has 0 aromatic heterocycles. The lowest BCUT2D eigenvalue weighted by Gasteiger charge is -2.37. The minimum Gasteiger partial charge on any atom is -0.480 e. The Hall–Kier alpha value is -2.70. The normalized spacial score (nSPS) is 15.8. The number of carbonyl (C=O) groups excluding carboxylic acids is 1. The van der Waals surface area contributed by atoms with Crippen molar-refractivity contribution in [1.82, 2.24) is 4.90 Å². The van der Waals surface area contributed by atoms with Crippen LogP contribution in [-0.2, 0) is 11.0 Å². The minimum atomic E-state index is -4.37.